The number of anilines is 1. The van der Waals surface area contributed by atoms with E-state index in [4.69, 9.17) is 14.6 Å². The van der Waals surface area contributed by atoms with E-state index in [9.17, 15) is 9.90 Å². The molecule has 2 aromatic heterocycles. The highest BCUT2D eigenvalue weighted by Gasteiger charge is 2.32. The number of hydrogen-bond donors (Lipinski definition) is 2. The van der Waals surface area contributed by atoms with E-state index in [1.165, 1.54) is 11.3 Å². The van der Waals surface area contributed by atoms with Crippen LogP contribution in [0.2, 0.25) is 0 Å². The van der Waals surface area contributed by atoms with Crippen molar-refractivity contribution in [2.24, 2.45) is 0 Å². The van der Waals surface area contributed by atoms with E-state index in [2.05, 4.69) is 16.4 Å². The molecule has 1 aliphatic heterocycles. The molecule has 2 aliphatic rings. The number of methoxy groups -OCH3 is 1. The number of fused-ring (bicyclic) bond motifs is 1. The van der Waals surface area contributed by atoms with E-state index in [0.717, 1.165) is 44.0 Å². The number of aliphatic hydroxyl groups is 1. The Bertz CT molecular complexity index is 1010. The molecule has 3 heterocycles. The summed E-state index contributed by atoms with van der Waals surface area (Å²) in [6, 6.07) is 2.36. The summed E-state index contributed by atoms with van der Waals surface area (Å²) in [5, 5.41) is 18.3. The van der Waals surface area contributed by atoms with E-state index in [1.807, 2.05) is 43.3 Å². The number of aliphatic hydroxyl groups excluding tert-OH is 1. The molecule has 2 atom stereocenters. The van der Waals surface area contributed by atoms with Crippen molar-refractivity contribution in [2.75, 3.05) is 32.1 Å². The van der Waals surface area contributed by atoms with Gasteiger partial charge in [0.25, 0.3) is 0 Å². The second-order valence-electron chi connectivity index (χ2n) is 11.2. The fourth-order valence-corrected chi connectivity index (χ4v) is 5.33. The Morgan fingerprint density at radius 3 is 2.66 bits per heavy atom. The Morgan fingerprint density at radius 2 is 1.97 bits per heavy atom. The van der Waals surface area contributed by atoms with Crippen molar-refractivity contribution in [1.29, 1.82) is 0 Å². The topological polar surface area (TPSA) is 101 Å². The molecule has 2 N–H and O–H groups in total. The summed E-state index contributed by atoms with van der Waals surface area (Å²) in [5.74, 6) is 1.11. The summed E-state index contributed by atoms with van der Waals surface area (Å²) < 4.78 is 12.9. The Kier molecular flexibility index (Phi) is 7.86. The number of rotatable bonds is 6. The molecule has 4 rings (SSSR count). The maximum atomic E-state index is 12.8. The van der Waals surface area contributed by atoms with Gasteiger partial charge in [0.15, 0.2) is 0 Å². The second-order valence-corrected chi connectivity index (χ2v) is 11.2. The van der Waals surface area contributed by atoms with Gasteiger partial charge in [-0.1, -0.05) is 0 Å². The van der Waals surface area contributed by atoms with Crippen molar-refractivity contribution >= 4 is 17.6 Å². The van der Waals surface area contributed by atoms with Crippen molar-refractivity contribution in [2.45, 2.75) is 95.8 Å². The van der Waals surface area contributed by atoms with E-state index in [0.29, 0.717) is 31.6 Å². The van der Waals surface area contributed by atoms with Gasteiger partial charge in [-0.05, 0) is 77.8 Å². The molecule has 2 aromatic rings. The number of hydrogen-bond acceptors (Lipinski definition) is 7. The number of ether oxygens (including phenoxy) is 2. The largest absolute Gasteiger partial charge is 0.444 e. The lowest BCUT2D eigenvalue weighted by Crippen LogP contribution is -2.42. The Hall–Kier alpha value is -2.39. The lowest BCUT2D eigenvalue weighted by Gasteiger charge is -2.34. The zero-order valence-electron chi connectivity index (χ0n) is 21.8. The third kappa shape index (κ3) is 6.25. The van der Waals surface area contributed by atoms with Gasteiger partial charge < -0.3 is 24.8 Å². The average molecular weight is 488 g/mol. The molecule has 35 heavy (non-hydrogen) atoms. The van der Waals surface area contributed by atoms with E-state index < -0.39 is 5.60 Å². The number of nitrogens with one attached hydrogen (secondary N) is 1. The SMILES string of the molecule is COC[C@H](C)Nc1ncc2c(C3CCCN(C(=O)OC(C)(C)C)C3)cc(C3CCC(O)CC3)n2n1. The van der Waals surface area contributed by atoms with Gasteiger partial charge in [0.05, 0.1) is 24.4 Å². The fourth-order valence-electron chi connectivity index (χ4n) is 5.33. The third-order valence-corrected chi connectivity index (χ3v) is 7.00. The van der Waals surface area contributed by atoms with Crippen LogP contribution in [0, 0.1) is 0 Å². The summed E-state index contributed by atoms with van der Waals surface area (Å²) in [4.78, 5) is 19.2. The first-order valence-electron chi connectivity index (χ1n) is 12.9. The van der Waals surface area contributed by atoms with E-state index in [-0.39, 0.29) is 24.2 Å². The summed E-state index contributed by atoms with van der Waals surface area (Å²) >= 11 is 0. The summed E-state index contributed by atoms with van der Waals surface area (Å²) in [7, 11) is 1.68. The van der Waals surface area contributed by atoms with Gasteiger partial charge in [-0.3, -0.25) is 0 Å². The van der Waals surface area contributed by atoms with Crippen LogP contribution in [-0.4, -0.2) is 75.3 Å². The Labute approximate surface area is 208 Å². The average Bonchev–Trinajstić information content (AvgIpc) is 3.17. The van der Waals surface area contributed by atoms with Gasteiger partial charge in [-0.2, -0.15) is 0 Å². The van der Waals surface area contributed by atoms with E-state index in [1.54, 1.807) is 7.11 Å². The molecule has 1 aliphatic carbocycles. The number of amides is 1. The zero-order valence-corrected chi connectivity index (χ0v) is 21.8. The van der Waals surface area contributed by atoms with Crippen LogP contribution in [0.1, 0.15) is 89.3 Å². The molecule has 0 bridgehead atoms. The quantitative estimate of drug-likeness (QED) is 0.626. The molecule has 1 saturated carbocycles. The zero-order chi connectivity index (χ0) is 25.2. The van der Waals surface area contributed by atoms with Crippen LogP contribution >= 0.6 is 0 Å². The number of piperidine rings is 1. The molecule has 0 spiro atoms. The van der Waals surface area contributed by atoms with Crippen LogP contribution < -0.4 is 5.32 Å². The molecular formula is C26H41N5O4. The smallest absolute Gasteiger partial charge is 0.410 e. The lowest BCUT2D eigenvalue weighted by molar-refractivity contribution is 0.0198. The maximum Gasteiger partial charge on any atom is 0.410 e. The Balaban J connectivity index is 1.64. The summed E-state index contributed by atoms with van der Waals surface area (Å²) in [6.07, 6.45) is 6.88. The summed E-state index contributed by atoms with van der Waals surface area (Å²) in [6.45, 7) is 9.64. The maximum absolute atomic E-state index is 12.8. The summed E-state index contributed by atoms with van der Waals surface area (Å²) in [5.41, 5.74) is 2.84. The fraction of sp³-hybridized carbons (Fsp3) is 0.731. The van der Waals surface area contributed by atoms with Crippen molar-refractivity contribution in [3.8, 4) is 0 Å². The van der Waals surface area contributed by atoms with Crippen LogP contribution in [0.15, 0.2) is 12.3 Å². The Morgan fingerprint density at radius 1 is 1.23 bits per heavy atom. The molecular weight excluding hydrogens is 446 g/mol. The highest BCUT2D eigenvalue weighted by atomic mass is 16.6. The minimum Gasteiger partial charge on any atom is -0.444 e. The molecule has 0 aromatic carbocycles. The van der Waals surface area contributed by atoms with Gasteiger partial charge in [0, 0.05) is 43.8 Å². The standard InChI is InChI=1S/C26H41N5O4/c1-17(16-34-5)28-24-27-14-23-21(13-22(31(23)29-24)18-8-10-20(32)11-9-18)19-7-6-12-30(15-19)25(33)35-26(2,3)4/h13-14,17-20,32H,6-12,15-16H2,1-5H3,(H,28,29)/t17-,18?,19?,20?/m0/s1. The van der Waals surface area contributed by atoms with Crippen LogP contribution in [0.4, 0.5) is 10.7 Å². The first kappa shape index (κ1) is 25.7. The van der Waals surface area contributed by atoms with Gasteiger partial charge >= 0.3 is 6.09 Å². The van der Waals surface area contributed by atoms with Gasteiger partial charge in [0.1, 0.15) is 5.60 Å². The molecule has 1 amide bonds. The number of nitrogens with zero attached hydrogens (tertiary/aromatic N) is 4. The van der Waals surface area contributed by atoms with Gasteiger partial charge in [0.2, 0.25) is 5.95 Å². The van der Waals surface area contributed by atoms with Crippen LogP contribution in [-0.2, 0) is 9.47 Å². The highest BCUT2D eigenvalue weighted by molar-refractivity contribution is 5.69. The molecule has 1 unspecified atom stereocenters. The third-order valence-electron chi connectivity index (χ3n) is 7.00. The molecule has 1 saturated heterocycles. The molecule has 194 valence electrons. The molecule has 0 radical (unpaired) electrons. The molecule has 9 heteroatoms. The monoisotopic (exact) mass is 487 g/mol. The van der Waals surface area contributed by atoms with Crippen molar-refractivity contribution in [1.82, 2.24) is 19.5 Å². The second kappa shape index (κ2) is 10.7. The number of aromatic nitrogens is 3. The highest BCUT2D eigenvalue weighted by Crippen LogP contribution is 2.38. The number of likely N-dealkylation sites (tertiary alicyclic amines) is 1. The predicted octanol–water partition coefficient (Wildman–Crippen LogP) is 4.31. The minimum absolute atomic E-state index is 0.0847. The predicted molar refractivity (Wildman–Crippen MR) is 135 cm³/mol. The van der Waals surface area contributed by atoms with Crippen LogP contribution in [0.25, 0.3) is 5.52 Å². The number of carbonyl (C=O) groups excluding carboxylic acids is 1. The van der Waals surface area contributed by atoms with Crippen molar-refractivity contribution in [3.63, 3.8) is 0 Å². The van der Waals surface area contributed by atoms with Crippen molar-refractivity contribution in [3.05, 3.63) is 23.5 Å². The van der Waals surface area contributed by atoms with Crippen LogP contribution in [0.5, 0.6) is 0 Å². The normalized spacial score (nSPS) is 24.4. The lowest BCUT2D eigenvalue weighted by atomic mass is 9.84. The minimum atomic E-state index is -0.511. The molecule has 9 nitrogen and oxygen atoms in total. The van der Waals surface area contributed by atoms with Crippen LogP contribution in [0.3, 0.4) is 0 Å². The van der Waals surface area contributed by atoms with E-state index >= 15 is 0 Å². The van der Waals surface area contributed by atoms with Gasteiger partial charge in [-0.15, -0.1) is 5.10 Å². The first-order chi connectivity index (χ1) is 16.6. The number of carbonyl (C=O) groups is 1. The molecule has 2 fully saturated rings. The van der Waals surface area contributed by atoms with Crippen molar-refractivity contribution < 1.29 is 19.4 Å². The van der Waals surface area contributed by atoms with Gasteiger partial charge in [-0.25, -0.2) is 14.3 Å². The first-order valence-corrected chi connectivity index (χ1v) is 12.9.